The summed E-state index contributed by atoms with van der Waals surface area (Å²) in [6, 6.07) is 8.99. The monoisotopic (exact) mass is 446 g/mol. The van der Waals surface area contributed by atoms with Gasteiger partial charge in [0.1, 0.15) is 11.5 Å². The molecule has 0 radical (unpaired) electrons. The van der Waals surface area contributed by atoms with Crippen LogP contribution in [0.3, 0.4) is 0 Å². The molecule has 0 saturated carbocycles. The fourth-order valence-electron chi connectivity index (χ4n) is 3.57. The Morgan fingerprint density at radius 3 is 2.83 bits per heavy atom. The number of anilines is 1. The molecular formula is C22H23ClN2O4S. The minimum absolute atomic E-state index is 0.0257. The van der Waals surface area contributed by atoms with Gasteiger partial charge in [-0.1, -0.05) is 22.9 Å². The zero-order chi connectivity index (χ0) is 21.3. The number of carbonyl (C=O) groups excluding carboxylic acids is 1. The SMILES string of the molecule is COc1ccc(OC)c(C(=O)N(CC2CCCO2)c2nc3c(C)c(Cl)ccc3s2)c1. The predicted octanol–water partition coefficient (Wildman–Crippen LogP) is 5.10. The summed E-state index contributed by atoms with van der Waals surface area (Å²) in [7, 11) is 3.12. The molecule has 6 nitrogen and oxygen atoms in total. The van der Waals surface area contributed by atoms with Crippen LogP contribution in [0.25, 0.3) is 10.2 Å². The van der Waals surface area contributed by atoms with Crippen LogP contribution in [-0.2, 0) is 4.74 Å². The average molecular weight is 447 g/mol. The summed E-state index contributed by atoms with van der Waals surface area (Å²) in [5.41, 5.74) is 2.13. The van der Waals surface area contributed by atoms with Gasteiger partial charge in [-0.15, -0.1) is 0 Å². The predicted molar refractivity (Wildman–Crippen MR) is 120 cm³/mol. The van der Waals surface area contributed by atoms with Gasteiger partial charge in [0.15, 0.2) is 5.13 Å². The first-order valence-electron chi connectivity index (χ1n) is 9.73. The summed E-state index contributed by atoms with van der Waals surface area (Å²) >= 11 is 7.74. The van der Waals surface area contributed by atoms with Crippen LogP contribution in [0.15, 0.2) is 30.3 Å². The summed E-state index contributed by atoms with van der Waals surface area (Å²) in [6.07, 6.45) is 1.88. The summed E-state index contributed by atoms with van der Waals surface area (Å²) in [4.78, 5) is 20.1. The molecular weight excluding hydrogens is 424 g/mol. The van der Waals surface area contributed by atoms with E-state index in [9.17, 15) is 4.79 Å². The molecule has 8 heteroatoms. The second kappa shape index (κ2) is 8.79. The maximum Gasteiger partial charge on any atom is 0.264 e. The summed E-state index contributed by atoms with van der Waals surface area (Å²) in [6.45, 7) is 3.07. The number of hydrogen-bond acceptors (Lipinski definition) is 6. The Labute approximate surface area is 184 Å². The highest BCUT2D eigenvalue weighted by Crippen LogP contribution is 2.36. The van der Waals surface area contributed by atoms with Crippen molar-refractivity contribution >= 4 is 44.2 Å². The van der Waals surface area contributed by atoms with Crippen LogP contribution in [0.5, 0.6) is 11.5 Å². The number of hydrogen-bond donors (Lipinski definition) is 0. The van der Waals surface area contributed by atoms with Crippen LogP contribution in [0.4, 0.5) is 5.13 Å². The van der Waals surface area contributed by atoms with E-state index in [1.54, 1.807) is 37.3 Å². The second-order valence-electron chi connectivity index (χ2n) is 7.13. The molecule has 1 amide bonds. The van der Waals surface area contributed by atoms with Gasteiger partial charge in [0.25, 0.3) is 5.91 Å². The molecule has 2 heterocycles. The first-order valence-corrected chi connectivity index (χ1v) is 10.9. The number of rotatable bonds is 6. The Kier molecular flexibility index (Phi) is 6.13. The van der Waals surface area contributed by atoms with Crippen LogP contribution < -0.4 is 14.4 Å². The van der Waals surface area contributed by atoms with Gasteiger partial charge in [-0.3, -0.25) is 9.69 Å². The highest BCUT2D eigenvalue weighted by molar-refractivity contribution is 7.22. The molecule has 1 saturated heterocycles. The Morgan fingerprint density at radius 1 is 1.30 bits per heavy atom. The van der Waals surface area contributed by atoms with Crippen molar-refractivity contribution in [2.24, 2.45) is 0 Å². The third kappa shape index (κ3) is 3.97. The molecule has 1 aliphatic heterocycles. The van der Waals surface area contributed by atoms with E-state index in [1.807, 2.05) is 19.1 Å². The number of methoxy groups -OCH3 is 2. The van der Waals surface area contributed by atoms with Crippen LogP contribution in [0.1, 0.15) is 28.8 Å². The Morgan fingerprint density at radius 2 is 2.13 bits per heavy atom. The maximum atomic E-state index is 13.7. The van der Waals surface area contributed by atoms with Gasteiger partial charge in [-0.25, -0.2) is 4.98 Å². The number of nitrogens with zero attached hydrogens (tertiary/aromatic N) is 2. The molecule has 0 spiro atoms. The number of halogens is 1. The molecule has 1 fully saturated rings. The van der Waals surface area contributed by atoms with E-state index in [2.05, 4.69) is 0 Å². The van der Waals surface area contributed by atoms with Crippen LogP contribution in [0.2, 0.25) is 5.02 Å². The van der Waals surface area contributed by atoms with Crippen molar-refractivity contribution in [1.82, 2.24) is 4.98 Å². The van der Waals surface area contributed by atoms with E-state index < -0.39 is 0 Å². The zero-order valence-electron chi connectivity index (χ0n) is 17.1. The van der Waals surface area contributed by atoms with Crippen LogP contribution in [-0.4, -0.2) is 44.4 Å². The third-order valence-corrected chi connectivity index (χ3v) is 6.71. The molecule has 30 heavy (non-hydrogen) atoms. The standard InChI is InChI=1S/C22H23ClN2O4S/c1-13-17(23)7-9-19-20(13)24-22(30-19)25(12-15-5-4-10-29-15)21(26)16-11-14(27-2)6-8-18(16)28-3/h6-9,11,15H,4-5,10,12H2,1-3H3. The first-order chi connectivity index (χ1) is 14.5. The molecule has 1 aromatic heterocycles. The molecule has 2 aromatic carbocycles. The number of amides is 1. The normalized spacial score (nSPS) is 16.1. The number of fused-ring (bicyclic) bond motifs is 1. The molecule has 4 rings (SSSR count). The number of carbonyl (C=O) groups is 1. The van der Waals surface area contributed by atoms with Crippen molar-refractivity contribution in [2.75, 3.05) is 32.3 Å². The first kappa shape index (κ1) is 20.9. The third-order valence-electron chi connectivity index (χ3n) is 5.26. The lowest BCUT2D eigenvalue weighted by Crippen LogP contribution is -2.37. The molecule has 1 unspecified atom stereocenters. The van der Waals surface area contributed by atoms with Gasteiger partial charge >= 0.3 is 0 Å². The number of ether oxygens (including phenoxy) is 3. The topological polar surface area (TPSA) is 60.9 Å². The Hall–Kier alpha value is -2.35. The highest BCUT2D eigenvalue weighted by Gasteiger charge is 2.29. The van der Waals surface area contributed by atoms with E-state index in [0.717, 1.165) is 28.6 Å². The lowest BCUT2D eigenvalue weighted by molar-refractivity contribution is 0.0914. The lowest BCUT2D eigenvalue weighted by atomic mass is 10.1. The van der Waals surface area contributed by atoms with Gasteiger partial charge in [-0.2, -0.15) is 0 Å². The average Bonchev–Trinajstić information content (AvgIpc) is 3.43. The fraction of sp³-hybridized carbons (Fsp3) is 0.364. The van der Waals surface area contributed by atoms with Crippen molar-refractivity contribution in [2.45, 2.75) is 25.9 Å². The molecule has 1 aliphatic rings. The van der Waals surface area contributed by atoms with Crippen LogP contribution >= 0.6 is 22.9 Å². The van der Waals surface area contributed by atoms with Gasteiger partial charge in [0.05, 0.1) is 42.6 Å². The molecule has 1 atom stereocenters. The quantitative estimate of drug-likeness (QED) is 0.527. The summed E-state index contributed by atoms with van der Waals surface area (Å²) in [5.74, 6) is 0.866. The van der Waals surface area contributed by atoms with Crippen molar-refractivity contribution in [3.05, 3.63) is 46.5 Å². The maximum absolute atomic E-state index is 13.7. The van der Waals surface area contributed by atoms with Crippen molar-refractivity contribution in [3.63, 3.8) is 0 Å². The van der Waals surface area contributed by atoms with Gasteiger partial charge in [0.2, 0.25) is 0 Å². The van der Waals surface area contributed by atoms with E-state index in [4.69, 9.17) is 30.8 Å². The van der Waals surface area contributed by atoms with Gasteiger partial charge in [-0.05, 0) is 55.7 Å². The molecule has 158 valence electrons. The van der Waals surface area contributed by atoms with E-state index in [-0.39, 0.29) is 12.0 Å². The summed E-state index contributed by atoms with van der Waals surface area (Å²) < 4.78 is 17.6. The number of thiazole rings is 1. The minimum Gasteiger partial charge on any atom is -0.497 e. The van der Waals surface area contributed by atoms with E-state index in [1.165, 1.54) is 11.3 Å². The second-order valence-corrected chi connectivity index (χ2v) is 8.55. The smallest absolute Gasteiger partial charge is 0.264 e. The van der Waals surface area contributed by atoms with Crippen molar-refractivity contribution in [1.29, 1.82) is 0 Å². The molecule has 0 bridgehead atoms. The highest BCUT2D eigenvalue weighted by atomic mass is 35.5. The zero-order valence-corrected chi connectivity index (χ0v) is 18.7. The van der Waals surface area contributed by atoms with Crippen molar-refractivity contribution < 1.29 is 19.0 Å². The van der Waals surface area contributed by atoms with Gasteiger partial charge in [0, 0.05) is 11.6 Å². The fourth-order valence-corrected chi connectivity index (χ4v) is 4.76. The Bertz CT molecular complexity index is 1080. The van der Waals surface area contributed by atoms with Gasteiger partial charge < -0.3 is 14.2 Å². The lowest BCUT2D eigenvalue weighted by Gasteiger charge is -2.24. The number of aryl methyl sites for hydroxylation is 1. The summed E-state index contributed by atoms with van der Waals surface area (Å²) in [5, 5.41) is 1.27. The molecule has 3 aromatic rings. The van der Waals surface area contributed by atoms with Crippen LogP contribution in [0, 0.1) is 6.92 Å². The van der Waals surface area contributed by atoms with E-state index in [0.29, 0.717) is 40.4 Å². The molecule has 0 N–H and O–H groups in total. The Balaban J connectivity index is 1.79. The van der Waals surface area contributed by atoms with Crippen molar-refractivity contribution in [3.8, 4) is 11.5 Å². The number of benzene rings is 2. The number of aromatic nitrogens is 1. The van der Waals surface area contributed by atoms with E-state index >= 15 is 0 Å². The minimum atomic E-state index is -0.205. The largest absolute Gasteiger partial charge is 0.497 e. The molecule has 0 aliphatic carbocycles.